The topological polar surface area (TPSA) is 89.1 Å². The van der Waals surface area contributed by atoms with Gasteiger partial charge in [0.25, 0.3) is 5.91 Å². The zero-order valence-corrected chi connectivity index (χ0v) is 12.8. The number of carbonyl (C=O) groups is 2. The molecule has 120 valence electrons. The molecule has 0 aromatic carbocycles. The first-order valence-electron chi connectivity index (χ1n) is 7.73. The lowest BCUT2D eigenvalue weighted by molar-refractivity contribution is -0.116. The summed E-state index contributed by atoms with van der Waals surface area (Å²) in [6.45, 7) is 8.66. The Morgan fingerprint density at radius 2 is 1.45 bits per heavy atom. The molecule has 3 amide bonds. The van der Waals surface area contributed by atoms with Gasteiger partial charge < -0.3 is 20.4 Å². The van der Waals surface area contributed by atoms with Crippen LogP contribution in [0.4, 0.5) is 4.79 Å². The number of hydrogen-bond acceptors (Lipinski definition) is 6. The van der Waals surface area contributed by atoms with Gasteiger partial charge in [-0.3, -0.25) is 10.1 Å². The van der Waals surface area contributed by atoms with E-state index in [1.54, 1.807) is 6.92 Å². The first-order valence-corrected chi connectivity index (χ1v) is 7.73. The summed E-state index contributed by atoms with van der Waals surface area (Å²) in [6, 6.07) is -0.578. The van der Waals surface area contributed by atoms with Crippen LogP contribution in [-0.2, 0) is 4.79 Å². The van der Waals surface area contributed by atoms with E-state index in [1.165, 1.54) is 0 Å². The summed E-state index contributed by atoms with van der Waals surface area (Å²) in [5, 5.41) is 8.96. The van der Waals surface area contributed by atoms with E-state index in [2.05, 4.69) is 30.7 Å². The van der Waals surface area contributed by atoms with E-state index in [0.29, 0.717) is 11.3 Å². The summed E-state index contributed by atoms with van der Waals surface area (Å²) in [5.74, 6) is 0.568. The number of imide groups is 1. The number of aliphatic imine (C=N–C) groups is 1. The molecule has 0 atom stereocenters. The Balaban J connectivity index is 2.02. The lowest BCUT2D eigenvalue weighted by atomic mass is 10.1. The number of urea groups is 1. The minimum absolute atomic E-state index is 0.343. The summed E-state index contributed by atoms with van der Waals surface area (Å²) in [6.07, 6.45) is 0. The fourth-order valence-corrected chi connectivity index (χ4v) is 3.09. The molecule has 0 saturated carbocycles. The highest BCUT2D eigenvalue weighted by Gasteiger charge is 2.31. The molecule has 0 unspecified atom stereocenters. The molecule has 0 aromatic heterocycles. The molecule has 22 heavy (non-hydrogen) atoms. The maximum absolute atomic E-state index is 12.4. The maximum atomic E-state index is 12.4. The van der Waals surface area contributed by atoms with Gasteiger partial charge in [0, 0.05) is 52.4 Å². The average Bonchev–Trinajstić information content (AvgIpc) is 2.52. The summed E-state index contributed by atoms with van der Waals surface area (Å²) in [5.41, 5.74) is 1.03. The van der Waals surface area contributed by atoms with Gasteiger partial charge >= 0.3 is 6.03 Å². The van der Waals surface area contributed by atoms with Crippen LogP contribution in [-0.4, -0.2) is 79.8 Å². The fourth-order valence-electron chi connectivity index (χ4n) is 3.09. The molecular weight excluding hydrogens is 284 g/mol. The standard InChI is InChI=1S/C14H22N6O2/c1-10-11(12(21)18-14(22)17-10)13(19-6-2-15-3-7-19)20-8-4-16-5-9-20/h15-16H,2-9H2,1H3,(H,18,21,22). The quantitative estimate of drug-likeness (QED) is 0.551. The van der Waals surface area contributed by atoms with Crippen LogP contribution in [0.2, 0.25) is 0 Å². The number of rotatable bonds is 2. The second kappa shape index (κ2) is 6.45. The number of hydrogen-bond donors (Lipinski definition) is 3. The van der Waals surface area contributed by atoms with Crippen molar-refractivity contribution in [3.8, 4) is 0 Å². The van der Waals surface area contributed by atoms with E-state index < -0.39 is 6.03 Å². The Hall–Kier alpha value is -1.93. The van der Waals surface area contributed by atoms with E-state index in [0.717, 1.165) is 58.2 Å². The van der Waals surface area contributed by atoms with Crippen molar-refractivity contribution in [1.82, 2.24) is 25.8 Å². The lowest BCUT2D eigenvalue weighted by Gasteiger charge is -2.41. The first-order chi connectivity index (χ1) is 10.7. The minimum Gasteiger partial charge on any atom is -0.355 e. The van der Waals surface area contributed by atoms with Crippen LogP contribution >= 0.6 is 0 Å². The largest absolute Gasteiger partial charge is 0.355 e. The molecule has 2 saturated heterocycles. The summed E-state index contributed by atoms with van der Waals surface area (Å²) in [4.78, 5) is 32.2. The van der Waals surface area contributed by atoms with Crippen LogP contribution in [0, 0.1) is 0 Å². The Kier molecular flexibility index (Phi) is 4.39. The fraction of sp³-hybridized carbons (Fsp3) is 0.643. The normalized spacial score (nSPS) is 23.3. The summed E-state index contributed by atoms with van der Waals surface area (Å²) < 4.78 is 0. The molecule has 3 aliphatic rings. The van der Waals surface area contributed by atoms with Crippen LogP contribution < -0.4 is 16.0 Å². The third-order valence-electron chi connectivity index (χ3n) is 4.14. The van der Waals surface area contributed by atoms with Gasteiger partial charge in [0.2, 0.25) is 0 Å². The van der Waals surface area contributed by atoms with Gasteiger partial charge in [0.05, 0.1) is 5.71 Å². The minimum atomic E-state index is -0.578. The lowest BCUT2D eigenvalue weighted by Crippen LogP contribution is -2.53. The molecule has 8 nitrogen and oxygen atoms in total. The van der Waals surface area contributed by atoms with Crippen molar-refractivity contribution in [2.75, 3.05) is 52.4 Å². The Labute approximate surface area is 129 Å². The number of nitrogens with zero attached hydrogens (tertiary/aromatic N) is 3. The van der Waals surface area contributed by atoms with Crippen molar-refractivity contribution in [2.45, 2.75) is 6.92 Å². The van der Waals surface area contributed by atoms with Crippen LogP contribution in [0.15, 0.2) is 16.4 Å². The molecule has 2 fully saturated rings. The van der Waals surface area contributed by atoms with Crippen LogP contribution in [0.5, 0.6) is 0 Å². The Bertz CT molecular complexity index is 509. The van der Waals surface area contributed by atoms with Gasteiger partial charge in [0.1, 0.15) is 11.4 Å². The smallest absolute Gasteiger partial charge is 0.348 e. The van der Waals surface area contributed by atoms with Crippen molar-refractivity contribution >= 4 is 17.6 Å². The van der Waals surface area contributed by atoms with Crippen molar-refractivity contribution in [2.24, 2.45) is 4.99 Å². The zero-order chi connectivity index (χ0) is 15.5. The Morgan fingerprint density at radius 3 is 1.91 bits per heavy atom. The molecule has 3 aliphatic heterocycles. The van der Waals surface area contributed by atoms with Crippen molar-refractivity contribution in [1.29, 1.82) is 0 Å². The van der Waals surface area contributed by atoms with Crippen LogP contribution in [0.1, 0.15) is 6.92 Å². The Morgan fingerprint density at radius 1 is 0.955 bits per heavy atom. The van der Waals surface area contributed by atoms with Crippen molar-refractivity contribution < 1.29 is 9.59 Å². The molecule has 3 heterocycles. The van der Waals surface area contributed by atoms with Crippen molar-refractivity contribution in [3.05, 3.63) is 11.4 Å². The highest BCUT2D eigenvalue weighted by atomic mass is 16.2. The van der Waals surface area contributed by atoms with Crippen LogP contribution in [0.25, 0.3) is 0 Å². The van der Waals surface area contributed by atoms with Gasteiger partial charge in [0.15, 0.2) is 0 Å². The number of amides is 3. The second-order valence-electron chi connectivity index (χ2n) is 5.63. The predicted molar refractivity (Wildman–Crippen MR) is 82.6 cm³/mol. The van der Waals surface area contributed by atoms with Gasteiger partial charge in [-0.1, -0.05) is 0 Å². The molecular formula is C14H22N6O2. The molecule has 8 heteroatoms. The second-order valence-corrected chi connectivity index (χ2v) is 5.63. The van der Waals surface area contributed by atoms with Gasteiger partial charge in [-0.2, -0.15) is 4.99 Å². The van der Waals surface area contributed by atoms with E-state index in [1.807, 2.05) is 0 Å². The molecule has 0 aliphatic carbocycles. The van der Waals surface area contributed by atoms with E-state index in [-0.39, 0.29) is 5.91 Å². The molecule has 0 aromatic rings. The number of carbonyl (C=O) groups excluding carboxylic acids is 2. The summed E-state index contributed by atoms with van der Waals surface area (Å²) >= 11 is 0. The third-order valence-corrected chi connectivity index (χ3v) is 4.14. The number of piperazine rings is 2. The molecule has 0 radical (unpaired) electrons. The molecule has 0 spiro atoms. The van der Waals surface area contributed by atoms with E-state index in [4.69, 9.17) is 0 Å². The monoisotopic (exact) mass is 306 g/mol. The summed E-state index contributed by atoms with van der Waals surface area (Å²) in [7, 11) is 0. The van der Waals surface area contributed by atoms with Gasteiger partial charge in [-0.05, 0) is 6.92 Å². The number of nitrogens with one attached hydrogen (secondary N) is 3. The van der Waals surface area contributed by atoms with E-state index >= 15 is 0 Å². The average molecular weight is 306 g/mol. The maximum Gasteiger partial charge on any atom is 0.348 e. The highest BCUT2D eigenvalue weighted by molar-refractivity contribution is 6.29. The van der Waals surface area contributed by atoms with Crippen molar-refractivity contribution in [3.63, 3.8) is 0 Å². The molecule has 0 bridgehead atoms. The zero-order valence-electron chi connectivity index (χ0n) is 12.8. The highest BCUT2D eigenvalue weighted by Crippen LogP contribution is 2.20. The van der Waals surface area contributed by atoms with Gasteiger partial charge in [-0.15, -0.1) is 0 Å². The predicted octanol–water partition coefficient (Wildman–Crippen LogP) is -1.28. The first kappa shape index (κ1) is 15.0. The molecule has 3 rings (SSSR count). The molecule has 3 N–H and O–H groups in total. The SMILES string of the molecule is CC1=NC(=O)NC(=O)C1=C(N1CCNCC1)N1CCNCC1. The van der Waals surface area contributed by atoms with Crippen LogP contribution in [0.3, 0.4) is 0 Å². The van der Waals surface area contributed by atoms with E-state index in [9.17, 15) is 9.59 Å². The third kappa shape index (κ3) is 2.97. The van der Waals surface area contributed by atoms with Gasteiger partial charge in [-0.25, -0.2) is 4.79 Å².